The van der Waals surface area contributed by atoms with Crippen LogP contribution in [0, 0.1) is 0 Å². The van der Waals surface area contributed by atoms with Crippen LogP contribution in [-0.2, 0) is 22.7 Å². The molecule has 5 rings (SSSR count). The molecule has 0 amide bonds. The molecule has 10 nitrogen and oxygen atoms in total. The highest BCUT2D eigenvalue weighted by atomic mass is 35.5. The van der Waals surface area contributed by atoms with Gasteiger partial charge in [-0.05, 0) is 68.1 Å². The number of rotatable bonds is 13. The van der Waals surface area contributed by atoms with Crippen molar-refractivity contribution in [1.82, 2.24) is 19.9 Å². The second-order valence-corrected chi connectivity index (χ2v) is 14.0. The normalized spacial score (nSPS) is 18.1. The molecule has 1 aliphatic rings. The number of alkyl halides is 3. The number of nitrogens with zero attached hydrogens (tertiary/aromatic N) is 5. The Balaban J connectivity index is 1.41. The van der Waals surface area contributed by atoms with Crippen LogP contribution in [0.25, 0.3) is 0 Å². The monoisotopic (exact) mass is 733 g/mol. The molecule has 0 unspecified atom stereocenters. The summed E-state index contributed by atoms with van der Waals surface area (Å²) in [5.41, 5.74) is 0.525. The van der Waals surface area contributed by atoms with E-state index in [2.05, 4.69) is 19.9 Å². The van der Waals surface area contributed by atoms with Crippen LogP contribution in [-0.4, -0.2) is 67.7 Å². The van der Waals surface area contributed by atoms with Crippen LogP contribution in [0.1, 0.15) is 55.7 Å². The van der Waals surface area contributed by atoms with E-state index in [0.29, 0.717) is 55.0 Å². The zero-order valence-corrected chi connectivity index (χ0v) is 29.7. The summed E-state index contributed by atoms with van der Waals surface area (Å²) in [4.78, 5) is 14.4. The Kier molecular flexibility index (Phi) is 11.7. The van der Waals surface area contributed by atoms with Gasteiger partial charge < -0.3 is 14.2 Å². The predicted octanol–water partition coefficient (Wildman–Crippen LogP) is 7.38. The van der Waals surface area contributed by atoms with E-state index in [4.69, 9.17) is 25.8 Å². The van der Waals surface area contributed by atoms with Crippen LogP contribution < -0.4 is 18.5 Å². The van der Waals surface area contributed by atoms with Gasteiger partial charge in [-0.15, -0.1) is 0 Å². The summed E-state index contributed by atoms with van der Waals surface area (Å²) in [5.74, 6) is 1.10. The van der Waals surface area contributed by atoms with Gasteiger partial charge >= 0.3 is 6.18 Å². The van der Waals surface area contributed by atoms with E-state index in [9.17, 15) is 21.6 Å². The van der Waals surface area contributed by atoms with Gasteiger partial charge in [0.2, 0.25) is 5.88 Å². The summed E-state index contributed by atoms with van der Waals surface area (Å²) in [6, 6.07) is 14.7. The van der Waals surface area contributed by atoms with E-state index >= 15 is 0 Å². The van der Waals surface area contributed by atoms with E-state index in [1.807, 2.05) is 13.8 Å². The topological polar surface area (TPSA) is 107 Å². The lowest BCUT2D eigenvalue weighted by atomic mass is 9.78. The number of hydrogen-bond donors (Lipinski definition) is 0. The molecule has 2 aromatic carbocycles. The van der Waals surface area contributed by atoms with Crippen molar-refractivity contribution in [2.75, 3.05) is 31.6 Å². The lowest BCUT2D eigenvalue weighted by molar-refractivity contribution is -0.137. The molecule has 3 atom stereocenters. The molecule has 0 bridgehead atoms. The maximum Gasteiger partial charge on any atom is 0.416 e. The molecular formula is C35H39ClF3N5O5S. The fourth-order valence-corrected chi connectivity index (χ4v) is 8.24. The van der Waals surface area contributed by atoms with Gasteiger partial charge in [-0.2, -0.15) is 13.2 Å². The third-order valence-electron chi connectivity index (χ3n) is 8.98. The molecule has 15 heteroatoms. The Morgan fingerprint density at radius 1 is 0.980 bits per heavy atom. The Morgan fingerprint density at radius 3 is 2.40 bits per heavy atom. The highest BCUT2D eigenvalue weighted by Crippen LogP contribution is 2.40. The number of ether oxygens (including phenoxy) is 3. The SMILES string of the molecule is CCN(CC)[C@H]1C[C@@H](c2cccc(C(F)(F)F)c2)CC[C@@H]1Oc1ccc(S(=O)(=O)N(Cc2ccc(OC)cc2OC)c2ccncn2)c(Cl)n1. The van der Waals surface area contributed by atoms with Gasteiger partial charge in [0.15, 0.2) is 5.15 Å². The summed E-state index contributed by atoms with van der Waals surface area (Å²) < 4.78 is 87.1. The van der Waals surface area contributed by atoms with Crippen molar-refractivity contribution in [2.45, 2.75) is 68.8 Å². The second kappa shape index (κ2) is 15.8. The Hall–Kier alpha value is -4.14. The van der Waals surface area contributed by atoms with E-state index in [-0.39, 0.29) is 46.4 Å². The van der Waals surface area contributed by atoms with Gasteiger partial charge in [0.25, 0.3) is 10.0 Å². The number of likely N-dealkylation sites (N-methyl/N-ethyl adjacent to an activating group) is 1. The molecule has 0 N–H and O–H groups in total. The van der Waals surface area contributed by atoms with Crippen LogP contribution >= 0.6 is 11.6 Å². The molecule has 4 aromatic rings. The van der Waals surface area contributed by atoms with Crippen LogP contribution in [0.5, 0.6) is 17.4 Å². The molecular weight excluding hydrogens is 695 g/mol. The lowest BCUT2D eigenvalue weighted by Crippen LogP contribution is -2.49. The third-order valence-corrected chi connectivity index (χ3v) is 11.2. The van der Waals surface area contributed by atoms with Crippen LogP contribution in [0.4, 0.5) is 19.0 Å². The molecule has 0 saturated heterocycles. The van der Waals surface area contributed by atoms with Crippen molar-refractivity contribution in [2.24, 2.45) is 0 Å². The van der Waals surface area contributed by atoms with Crippen molar-refractivity contribution >= 4 is 27.4 Å². The minimum absolute atomic E-state index is 0.0936. The zero-order valence-electron chi connectivity index (χ0n) is 28.1. The summed E-state index contributed by atoms with van der Waals surface area (Å²) >= 11 is 6.60. The van der Waals surface area contributed by atoms with Crippen molar-refractivity contribution in [3.63, 3.8) is 0 Å². The molecule has 1 saturated carbocycles. The minimum Gasteiger partial charge on any atom is -0.497 e. The number of pyridine rings is 1. The van der Waals surface area contributed by atoms with Crippen molar-refractivity contribution < 1.29 is 35.8 Å². The number of anilines is 1. The van der Waals surface area contributed by atoms with Gasteiger partial charge in [0.1, 0.15) is 34.6 Å². The lowest BCUT2D eigenvalue weighted by Gasteiger charge is -2.42. The molecule has 1 fully saturated rings. The molecule has 268 valence electrons. The Bertz CT molecular complexity index is 1870. The fourth-order valence-electron chi connectivity index (χ4n) is 6.40. The molecule has 1 aliphatic carbocycles. The molecule has 2 heterocycles. The number of halogens is 4. The van der Waals surface area contributed by atoms with Gasteiger partial charge in [0, 0.05) is 36.0 Å². The highest BCUT2D eigenvalue weighted by molar-refractivity contribution is 7.92. The van der Waals surface area contributed by atoms with Crippen molar-refractivity contribution in [3.8, 4) is 17.4 Å². The van der Waals surface area contributed by atoms with Crippen molar-refractivity contribution in [3.05, 3.63) is 95.0 Å². The maximum atomic E-state index is 14.2. The van der Waals surface area contributed by atoms with E-state index in [1.165, 1.54) is 57.1 Å². The summed E-state index contributed by atoms with van der Waals surface area (Å²) in [7, 11) is -1.35. The first-order chi connectivity index (χ1) is 23.9. The van der Waals surface area contributed by atoms with Crippen molar-refractivity contribution in [1.29, 1.82) is 0 Å². The smallest absolute Gasteiger partial charge is 0.416 e. The standard InChI is InChI=1S/C35H39ClF3N5O5S/c1-5-43(6-2)28-19-24(23-8-7-9-26(18-23)35(37,38)39)11-13-29(28)49-33-15-14-31(34(36)42-33)50(45,46)44(32-16-17-40-22-41-32)21-25-10-12-27(47-3)20-30(25)48-4/h7-10,12,14-18,20,22,24,28-29H,5-6,11,13,19,21H2,1-4H3/t24-,28-,29-/m0/s1. The number of sulfonamides is 1. The molecule has 2 aromatic heterocycles. The first kappa shape index (κ1) is 37.1. The summed E-state index contributed by atoms with van der Waals surface area (Å²) in [6.45, 7) is 5.31. The van der Waals surface area contributed by atoms with Gasteiger partial charge in [-0.1, -0.05) is 43.6 Å². The van der Waals surface area contributed by atoms with Gasteiger partial charge in [-0.25, -0.2) is 27.7 Å². The molecule has 0 aliphatic heterocycles. The maximum absolute atomic E-state index is 14.2. The van der Waals surface area contributed by atoms with Gasteiger partial charge in [-0.3, -0.25) is 4.90 Å². The summed E-state index contributed by atoms with van der Waals surface area (Å²) in [5, 5.41) is -0.291. The quantitative estimate of drug-likeness (QED) is 0.130. The van der Waals surface area contributed by atoms with Crippen LogP contribution in [0.3, 0.4) is 0 Å². The Labute approximate surface area is 295 Å². The first-order valence-electron chi connectivity index (χ1n) is 16.1. The largest absolute Gasteiger partial charge is 0.497 e. The number of benzene rings is 2. The van der Waals surface area contributed by atoms with E-state index < -0.39 is 21.8 Å². The Morgan fingerprint density at radius 2 is 1.76 bits per heavy atom. The van der Waals surface area contributed by atoms with E-state index in [1.54, 1.807) is 24.3 Å². The fraction of sp³-hybridized carbons (Fsp3) is 0.400. The number of hydrogen-bond acceptors (Lipinski definition) is 9. The number of methoxy groups -OCH3 is 2. The molecule has 0 radical (unpaired) electrons. The van der Waals surface area contributed by atoms with Crippen LogP contribution in [0.15, 0.2) is 78.1 Å². The molecule has 0 spiro atoms. The highest BCUT2D eigenvalue weighted by Gasteiger charge is 2.38. The minimum atomic E-state index is -4.42. The summed E-state index contributed by atoms with van der Waals surface area (Å²) in [6.07, 6.45) is -0.374. The number of aromatic nitrogens is 3. The zero-order chi connectivity index (χ0) is 36.1. The third kappa shape index (κ3) is 8.24. The van der Waals surface area contributed by atoms with Gasteiger partial charge in [0.05, 0.1) is 26.3 Å². The van der Waals surface area contributed by atoms with Crippen LogP contribution in [0.2, 0.25) is 5.15 Å². The average Bonchev–Trinajstić information content (AvgIpc) is 3.11. The van der Waals surface area contributed by atoms with E-state index in [0.717, 1.165) is 10.4 Å². The molecule has 50 heavy (non-hydrogen) atoms. The average molecular weight is 734 g/mol. The second-order valence-electron chi connectivity index (χ2n) is 11.8. The predicted molar refractivity (Wildman–Crippen MR) is 183 cm³/mol. The first-order valence-corrected chi connectivity index (χ1v) is 17.9.